The molecule has 0 aromatic rings. The molecule has 15 heteroatoms. The highest BCUT2D eigenvalue weighted by atomic mass is 32.2. The summed E-state index contributed by atoms with van der Waals surface area (Å²) in [5.41, 5.74) is -0.541. The van der Waals surface area contributed by atoms with Gasteiger partial charge in [0.15, 0.2) is 0 Å². The maximum absolute atomic E-state index is 14.3. The van der Waals surface area contributed by atoms with Crippen LogP contribution in [0.1, 0.15) is 79.6 Å². The minimum absolute atomic E-state index is 0.0310. The molecule has 0 aliphatic heterocycles. The van der Waals surface area contributed by atoms with Crippen LogP contribution in [0.4, 0.5) is 35.1 Å². The average Bonchev–Trinajstić information content (AvgIpc) is 3.19. The molecular weight excluding hydrogens is 614 g/mol. The van der Waals surface area contributed by atoms with Gasteiger partial charge in [-0.3, -0.25) is 4.79 Å². The molecule has 1 N–H and O–H groups in total. The number of allylic oxidation sites excluding steroid dienone is 4. The molecule has 246 valence electrons. The number of nitrogens with one attached hydrogen (secondary N) is 1. The third kappa shape index (κ3) is 5.81. The zero-order chi connectivity index (χ0) is 32.6. The van der Waals surface area contributed by atoms with Gasteiger partial charge in [-0.1, -0.05) is 19.9 Å². The first kappa shape index (κ1) is 34.0. The van der Waals surface area contributed by atoms with Crippen LogP contribution in [0.15, 0.2) is 23.5 Å². The van der Waals surface area contributed by atoms with Gasteiger partial charge in [0.25, 0.3) is 0 Å². The number of hydrogen-bond acceptors (Lipinski definition) is 5. The van der Waals surface area contributed by atoms with Gasteiger partial charge in [-0.05, 0) is 99.5 Å². The minimum atomic E-state index is -6.66. The Morgan fingerprint density at radius 2 is 1.63 bits per heavy atom. The van der Waals surface area contributed by atoms with Crippen molar-refractivity contribution in [1.29, 1.82) is 0 Å². The number of carbonyl (C=O) groups is 1. The molecule has 43 heavy (non-hydrogen) atoms. The zero-order valence-corrected chi connectivity index (χ0v) is 25.3. The zero-order valence-electron chi connectivity index (χ0n) is 24.5. The summed E-state index contributed by atoms with van der Waals surface area (Å²) < 4.78 is 138. The predicted octanol–water partition coefficient (Wildman–Crippen LogP) is 7.38. The highest BCUT2D eigenvalue weighted by Gasteiger charge is 2.73. The van der Waals surface area contributed by atoms with Crippen molar-refractivity contribution in [2.75, 3.05) is 0 Å². The second kappa shape index (κ2) is 10.6. The van der Waals surface area contributed by atoms with E-state index < -0.39 is 45.2 Å². The van der Waals surface area contributed by atoms with Gasteiger partial charge < -0.3 is 9.50 Å². The molecule has 6 atom stereocenters. The molecule has 0 heterocycles. The molecule has 0 radical (unpaired) electrons. The number of amides is 1. The summed E-state index contributed by atoms with van der Waals surface area (Å²) in [6.07, 6.45) is -10.8. The standard InChI is InChI=1S/C28H37F8NO5S/c1-23(2,3)37-21(38)20-9-8-18-17-7-6-15-14-16(10-12-24(15,4)19(17)11-13-25(18,20)5)41-43(39,40)28(35,36)27(33,34)42-26(31,32)22(29)30/h6,14,17-20,22H,7-13H2,1-5H3,(H,37,38)/t17?,18?,19?,20-,24+,25+/m1/s1. The van der Waals surface area contributed by atoms with Crippen LogP contribution in [-0.4, -0.2) is 43.8 Å². The molecule has 3 unspecified atom stereocenters. The number of halogens is 8. The Kier molecular flexibility index (Phi) is 8.37. The lowest BCUT2D eigenvalue weighted by Crippen LogP contribution is -2.53. The Bertz CT molecular complexity index is 1290. The van der Waals surface area contributed by atoms with E-state index in [0.29, 0.717) is 12.0 Å². The number of ether oxygens (including phenoxy) is 1. The molecule has 2 saturated carbocycles. The minimum Gasteiger partial charge on any atom is -0.382 e. The molecule has 6 nitrogen and oxygen atoms in total. The van der Waals surface area contributed by atoms with E-state index in [4.69, 9.17) is 0 Å². The summed E-state index contributed by atoms with van der Waals surface area (Å²) in [5.74, 6) is -0.166. The van der Waals surface area contributed by atoms with E-state index in [-0.39, 0.29) is 53.4 Å². The maximum atomic E-state index is 14.3. The van der Waals surface area contributed by atoms with E-state index in [9.17, 15) is 48.3 Å². The summed E-state index contributed by atoms with van der Waals surface area (Å²) in [6.45, 7) is 9.90. The van der Waals surface area contributed by atoms with Gasteiger partial charge in [-0.2, -0.15) is 34.8 Å². The molecule has 0 aromatic carbocycles. The Morgan fingerprint density at radius 1 is 1.00 bits per heavy atom. The molecule has 0 bridgehead atoms. The molecule has 1 amide bonds. The lowest BCUT2D eigenvalue weighted by molar-refractivity contribution is -0.435. The molecule has 4 rings (SSSR count). The Balaban J connectivity index is 1.54. The van der Waals surface area contributed by atoms with E-state index in [1.165, 1.54) is 6.08 Å². The largest absolute Gasteiger partial charge is 0.471 e. The Labute approximate surface area is 245 Å². The van der Waals surface area contributed by atoms with Crippen LogP contribution in [-0.2, 0) is 23.8 Å². The van der Waals surface area contributed by atoms with Crippen molar-refractivity contribution in [1.82, 2.24) is 5.32 Å². The van der Waals surface area contributed by atoms with E-state index >= 15 is 0 Å². The van der Waals surface area contributed by atoms with Gasteiger partial charge in [0.05, 0.1) is 0 Å². The van der Waals surface area contributed by atoms with E-state index in [0.717, 1.165) is 25.7 Å². The number of carbonyl (C=O) groups excluding carboxylic acids is 1. The number of fused-ring (bicyclic) bond motifs is 5. The lowest BCUT2D eigenvalue weighted by atomic mass is 9.48. The number of rotatable bonds is 8. The SMILES string of the molecule is CC(C)(C)NC(=O)[C@H]1CCC2C3CC=C4C=C(OS(=O)(=O)C(F)(F)C(F)(F)OC(F)(F)C(F)F)CC[C@]4(C)C3CC[C@@]21C. The molecule has 0 saturated heterocycles. The van der Waals surface area contributed by atoms with Crippen LogP contribution in [0.5, 0.6) is 0 Å². The first-order chi connectivity index (χ1) is 19.4. The Hall–Kier alpha value is -1.90. The summed E-state index contributed by atoms with van der Waals surface area (Å²) in [7, 11) is -6.66. The van der Waals surface area contributed by atoms with Crippen LogP contribution in [0.3, 0.4) is 0 Å². The quantitative estimate of drug-likeness (QED) is 0.219. The summed E-state index contributed by atoms with van der Waals surface area (Å²) in [5, 5.41) is -3.32. The summed E-state index contributed by atoms with van der Waals surface area (Å²) in [6, 6.07) is 0. The van der Waals surface area contributed by atoms with E-state index in [2.05, 4.69) is 21.2 Å². The van der Waals surface area contributed by atoms with Gasteiger partial charge in [0.2, 0.25) is 5.91 Å². The summed E-state index contributed by atoms with van der Waals surface area (Å²) >= 11 is 0. The third-order valence-electron chi connectivity index (χ3n) is 9.93. The van der Waals surface area contributed by atoms with E-state index in [1.807, 2.05) is 33.8 Å². The highest BCUT2D eigenvalue weighted by molar-refractivity contribution is 7.88. The highest BCUT2D eigenvalue weighted by Crippen LogP contribution is 2.66. The van der Waals surface area contributed by atoms with Gasteiger partial charge >= 0.3 is 34.0 Å². The van der Waals surface area contributed by atoms with Crippen LogP contribution >= 0.6 is 0 Å². The molecule has 4 aliphatic rings. The molecule has 0 spiro atoms. The molecule has 2 fully saturated rings. The topological polar surface area (TPSA) is 81.7 Å². The van der Waals surface area contributed by atoms with Crippen molar-refractivity contribution >= 4 is 16.0 Å². The van der Waals surface area contributed by atoms with Gasteiger partial charge in [0, 0.05) is 17.9 Å². The second-order valence-electron chi connectivity index (χ2n) is 13.7. The smallest absolute Gasteiger partial charge is 0.382 e. The van der Waals surface area contributed by atoms with Crippen LogP contribution in [0, 0.1) is 34.5 Å². The normalized spacial score (nSPS) is 33.6. The van der Waals surface area contributed by atoms with Crippen molar-refractivity contribution in [3.05, 3.63) is 23.5 Å². The van der Waals surface area contributed by atoms with Crippen molar-refractivity contribution in [3.8, 4) is 0 Å². The molecular formula is C28H37F8NO5S. The van der Waals surface area contributed by atoms with Crippen LogP contribution in [0.2, 0.25) is 0 Å². The maximum Gasteiger partial charge on any atom is 0.471 e. The average molecular weight is 652 g/mol. The van der Waals surface area contributed by atoms with Crippen molar-refractivity contribution in [2.24, 2.45) is 34.5 Å². The van der Waals surface area contributed by atoms with Gasteiger partial charge in [0.1, 0.15) is 5.76 Å². The van der Waals surface area contributed by atoms with Crippen molar-refractivity contribution in [2.45, 2.75) is 109 Å². The molecule has 4 aliphatic carbocycles. The number of alkyl halides is 8. The van der Waals surface area contributed by atoms with Crippen molar-refractivity contribution < 1.29 is 57.3 Å². The van der Waals surface area contributed by atoms with Crippen LogP contribution < -0.4 is 5.32 Å². The van der Waals surface area contributed by atoms with Crippen molar-refractivity contribution in [3.63, 3.8) is 0 Å². The second-order valence-corrected chi connectivity index (χ2v) is 15.3. The first-order valence-corrected chi connectivity index (χ1v) is 15.6. The number of hydrogen-bond donors (Lipinski definition) is 1. The summed E-state index contributed by atoms with van der Waals surface area (Å²) in [4.78, 5) is 13.2. The molecule has 0 aromatic heterocycles. The van der Waals surface area contributed by atoms with Gasteiger partial charge in [-0.15, -0.1) is 0 Å². The Morgan fingerprint density at radius 3 is 2.21 bits per heavy atom. The van der Waals surface area contributed by atoms with Crippen LogP contribution in [0.25, 0.3) is 0 Å². The predicted molar refractivity (Wildman–Crippen MR) is 138 cm³/mol. The fourth-order valence-corrected chi connectivity index (χ4v) is 8.72. The fraction of sp³-hybridized carbons (Fsp3) is 0.821. The monoisotopic (exact) mass is 651 g/mol. The van der Waals surface area contributed by atoms with Gasteiger partial charge in [-0.25, -0.2) is 13.5 Å². The fourth-order valence-electron chi connectivity index (χ4n) is 7.87. The first-order valence-electron chi connectivity index (χ1n) is 14.2. The van der Waals surface area contributed by atoms with E-state index in [1.54, 1.807) is 0 Å². The lowest BCUT2D eigenvalue weighted by Gasteiger charge is -2.57. The third-order valence-corrected chi connectivity index (χ3v) is 11.2.